The molecule has 0 saturated heterocycles. The number of benzene rings is 4. The number of hydrogen-bond donors (Lipinski definition) is 2. The van der Waals surface area contributed by atoms with Crippen molar-refractivity contribution in [3.63, 3.8) is 0 Å². The van der Waals surface area contributed by atoms with Gasteiger partial charge in [-0.2, -0.15) is 0 Å². The Balaban J connectivity index is 1.64. The first kappa shape index (κ1) is 27.0. The van der Waals surface area contributed by atoms with Crippen LogP contribution in [0.5, 0.6) is 5.75 Å². The second-order valence-corrected chi connectivity index (χ2v) is 10.2. The van der Waals surface area contributed by atoms with Crippen LogP contribution in [0.2, 0.25) is 5.02 Å². The number of rotatable bonds is 10. The number of halogens is 2. The van der Waals surface area contributed by atoms with Gasteiger partial charge in [0, 0.05) is 23.2 Å². The monoisotopic (exact) mass is 554 g/mol. The molecule has 0 bridgehead atoms. The molecule has 0 heterocycles. The van der Waals surface area contributed by atoms with E-state index in [-0.39, 0.29) is 40.5 Å². The zero-order valence-electron chi connectivity index (χ0n) is 20.3. The van der Waals surface area contributed by atoms with Crippen LogP contribution in [0.1, 0.15) is 21.5 Å². The van der Waals surface area contributed by atoms with Crippen molar-refractivity contribution in [3.05, 3.63) is 119 Å². The molecule has 4 aromatic rings. The highest BCUT2D eigenvalue weighted by atomic mass is 35.5. The molecule has 196 valence electrons. The fraction of sp³-hybridized carbons (Fsp3) is 0.107. The normalized spacial score (nSPS) is 11.0. The van der Waals surface area contributed by atoms with Gasteiger partial charge < -0.3 is 14.8 Å². The second-order valence-electron chi connectivity index (χ2n) is 8.16. The summed E-state index contributed by atoms with van der Waals surface area (Å²) in [5, 5.41) is 3.61. The van der Waals surface area contributed by atoms with E-state index in [2.05, 4.69) is 10.0 Å². The van der Waals surface area contributed by atoms with Crippen LogP contribution in [0, 0.1) is 5.82 Å². The number of carbonyl (C=O) groups is 1. The maximum Gasteiger partial charge on any atom is 0.338 e. The fourth-order valence-corrected chi connectivity index (χ4v) is 5.05. The zero-order chi connectivity index (χ0) is 27.1. The number of nitrogens with one attached hydrogen (secondary N) is 2. The van der Waals surface area contributed by atoms with Gasteiger partial charge in [0.1, 0.15) is 23.1 Å². The highest BCUT2D eigenvalue weighted by Crippen LogP contribution is 2.28. The van der Waals surface area contributed by atoms with Crippen LogP contribution >= 0.6 is 11.6 Å². The molecule has 0 radical (unpaired) electrons. The van der Waals surface area contributed by atoms with E-state index in [0.29, 0.717) is 10.8 Å². The van der Waals surface area contributed by atoms with E-state index < -0.39 is 21.8 Å². The Morgan fingerprint density at radius 1 is 0.921 bits per heavy atom. The van der Waals surface area contributed by atoms with Crippen molar-refractivity contribution < 1.29 is 27.1 Å². The smallest absolute Gasteiger partial charge is 0.338 e. The van der Waals surface area contributed by atoms with Crippen LogP contribution < -0.4 is 14.8 Å². The molecule has 0 unspecified atom stereocenters. The molecule has 0 aromatic heterocycles. The van der Waals surface area contributed by atoms with Crippen molar-refractivity contribution in [1.82, 2.24) is 0 Å². The predicted molar refractivity (Wildman–Crippen MR) is 145 cm³/mol. The fourth-order valence-electron chi connectivity index (χ4n) is 3.59. The Labute approximate surface area is 225 Å². The van der Waals surface area contributed by atoms with E-state index in [4.69, 9.17) is 21.1 Å². The molecule has 38 heavy (non-hydrogen) atoms. The van der Waals surface area contributed by atoms with E-state index in [1.54, 1.807) is 36.4 Å². The predicted octanol–water partition coefficient (Wildman–Crippen LogP) is 6.26. The van der Waals surface area contributed by atoms with Crippen LogP contribution in [0.15, 0.2) is 95.9 Å². The van der Waals surface area contributed by atoms with Gasteiger partial charge in [-0.1, -0.05) is 54.1 Å². The quantitative estimate of drug-likeness (QED) is 0.225. The summed E-state index contributed by atoms with van der Waals surface area (Å²) < 4.78 is 53.8. The first-order chi connectivity index (χ1) is 18.3. The Morgan fingerprint density at radius 3 is 2.39 bits per heavy atom. The number of anilines is 2. The Morgan fingerprint density at radius 2 is 1.66 bits per heavy atom. The minimum Gasteiger partial charge on any atom is -0.497 e. The van der Waals surface area contributed by atoms with Gasteiger partial charge in [0.25, 0.3) is 10.0 Å². The number of sulfonamides is 1. The molecule has 0 aliphatic heterocycles. The van der Waals surface area contributed by atoms with Gasteiger partial charge in [-0.05, 0) is 48.0 Å². The first-order valence-corrected chi connectivity index (χ1v) is 13.3. The molecule has 4 rings (SSSR count). The summed E-state index contributed by atoms with van der Waals surface area (Å²) in [5.74, 6) is -0.846. The topological polar surface area (TPSA) is 93.7 Å². The third-order valence-electron chi connectivity index (χ3n) is 5.57. The van der Waals surface area contributed by atoms with Gasteiger partial charge in [0.2, 0.25) is 0 Å². The van der Waals surface area contributed by atoms with E-state index >= 15 is 0 Å². The lowest BCUT2D eigenvalue weighted by Gasteiger charge is -2.16. The Kier molecular flexibility index (Phi) is 8.50. The third-order valence-corrected chi connectivity index (χ3v) is 7.36. The molecule has 0 amide bonds. The molecule has 0 spiro atoms. The minimum absolute atomic E-state index is 0.0179. The second kappa shape index (κ2) is 12.0. The van der Waals surface area contributed by atoms with Gasteiger partial charge >= 0.3 is 5.97 Å². The number of methoxy groups -OCH3 is 1. The summed E-state index contributed by atoms with van der Waals surface area (Å²) in [7, 11) is -2.71. The van der Waals surface area contributed by atoms with Crippen molar-refractivity contribution in [2.75, 3.05) is 17.1 Å². The van der Waals surface area contributed by atoms with E-state index in [9.17, 15) is 17.6 Å². The Bertz CT molecular complexity index is 1560. The maximum atomic E-state index is 13.9. The minimum atomic E-state index is -4.18. The van der Waals surface area contributed by atoms with Gasteiger partial charge in [-0.25, -0.2) is 17.6 Å². The van der Waals surface area contributed by atoms with Crippen LogP contribution in [-0.2, 0) is 27.9 Å². The average Bonchev–Trinajstić information content (AvgIpc) is 2.92. The van der Waals surface area contributed by atoms with Crippen LogP contribution in [0.4, 0.5) is 15.8 Å². The van der Waals surface area contributed by atoms with Gasteiger partial charge in [-0.15, -0.1) is 0 Å². The van der Waals surface area contributed by atoms with E-state index in [1.807, 2.05) is 12.1 Å². The molecule has 2 N–H and O–H groups in total. The standard InChI is InChI=1S/C28H24ClFN2O5S/c1-36-23-10-6-9-22(16-23)32-38(34,35)27-15-19(28(33)37-18-21-8-3-5-12-25(21)30)13-14-26(27)31-17-20-7-2-4-11-24(20)29/h2-16,31-32H,17-18H2,1H3. The van der Waals surface area contributed by atoms with Crippen molar-refractivity contribution >= 4 is 39.0 Å². The number of carbonyl (C=O) groups excluding carboxylic acids is 1. The van der Waals surface area contributed by atoms with E-state index in [1.165, 1.54) is 49.6 Å². The lowest BCUT2D eigenvalue weighted by Crippen LogP contribution is -2.17. The first-order valence-electron chi connectivity index (χ1n) is 11.5. The molecular weight excluding hydrogens is 531 g/mol. The maximum absolute atomic E-state index is 13.9. The molecule has 4 aromatic carbocycles. The molecule has 10 heteroatoms. The van der Waals surface area contributed by atoms with Crippen molar-refractivity contribution in [1.29, 1.82) is 0 Å². The van der Waals surface area contributed by atoms with Crippen molar-refractivity contribution in [2.24, 2.45) is 0 Å². The number of hydrogen-bond acceptors (Lipinski definition) is 6. The molecule has 0 atom stereocenters. The summed E-state index contributed by atoms with van der Waals surface area (Å²) in [6.45, 7) is -0.0689. The summed E-state index contributed by atoms with van der Waals surface area (Å²) in [6, 6.07) is 23.6. The van der Waals surface area contributed by atoms with Gasteiger partial charge in [0.05, 0.1) is 24.0 Å². The van der Waals surface area contributed by atoms with Crippen LogP contribution in [0.3, 0.4) is 0 Å². The van der Waals surface area contributed by atoms with E-state index in [0.717, 1.165) is 5.56 Å². The van der Waals surface area contributed by atoms with Crippen LogP contribution in [0.25, 0.3) is 0 Å². The van der Waals surface area contributed by atoms with Gasteiger partial charge in [-0.3, -0.25) is 4.72 Å². The number of esters is 1. The molecule has 0 aliphatic rings. The van der Waals surface area contributed by atoms with Crippen LogP contribution in [-0.4, -0.2) is 21.5 Å². The molecule has 0 fully saturated rings. The van der Waals surface area contributed by atoms with Gasteiger partial charge in [0.15, 0.2) is 0 Å². The molecule has 7 nitrogen and oxygen atoms in total. The summed E-state index contributed by atoms with van der Waals surface area (Å²) >= 11 is 6.25. The molecule has 0 saturated carbocycles. The zero-order valence-corrected chi connectivity index (χ0v) is 21.9. The lowest BCUT2D eigenvalue weighted by molar-refractivity contribution is 0.0468. The SMILES string of the molecule is COc1cccc(NS(=O)(=O)c2cc(C(=O)OCc3ccccc3F)ccc2NCc2ccccc2Cl)c1. The Hall–Kier alpha value is -4.08. The molecular formula is C28H24ClFN2O5S. The third kappa shape index (κ3) is 6.62. The largest absolute Gasteiger partial charge is 0.497 e. The summed E-state index contributed by atoms with van der Waals surface area (Å²) in [5.41, 5.74) is 1.45. The van der Waals surface area contributed by atoms with Crippen molar-refractivity contribution in [2.45, 2.75) is 18.0 Å². The van der Waals surface area contributed by atoms with Crippen molar-refractivity contribution in [3.8, 4) is 5.75 Å². The summed E-state index contributed by atoms with van der Waals surface area (Å²) in [6.07, 6.45) is 0. The highest BCUT2D eigenvalue weighted by molar-refractivity contribution is 7.92. The lowest BCUT2D eigenvalue weighted by atomic mass is 10.2. The summed E-state index contributed by atoms with van der Waals surface area (Å²) in [4.78, 5) is 12.6. The molecule has 0 aliphatic carbocycles. The number of ether oxygens (including phenoxy) is 2. The highest BCUT2D eigenvalue weighted by Gasteiger charge is 2.22. The average molecular weight is 555 g/mol.